The Hall–Kier alpha value is -6.26. The summed E-state index contributed by atoms with van der Waals surface area (Å²) in [6.07, 6.45) is 4.18. The Morgan fingerprint density at radius 3 is 1.88 bits per heavy atom. The van der Waals surface area contributed by atoms with E-state index < -0.39 is 0 Å². The number of benzene rings is 6. The van der Waals surface area contributed by atoms with Crippen LogP contribution in [-0.2, 0) is 0 Å². The topological polar surface area (TPSA) is 56.5 Å². The van der Waals surface area contributed by atoms with Crippen LogP contribution in [0.4, 0.5) is 0 Å². The van der Waals surface area contributed by atoms with Gasteiger partial charge in [-0.3, -0.25) is 9.59 Å². The predicted molar refractivity (Wildman–Crippen MR) is 192 cm³/mol. The summed E-state index contributed by atoms with van der Waals surface area (Å²) in [4.78, 5) is 27.5. The highest BCUT2D eigenvalue weighted by Crippen LogP contribution is 2.40. The third kappa shape index (κ3) is 4.78. The van der Waals surface area contributed by atoms with Crippen LogP contribution >= 0.6 is 0 Å². The highest BCUT2D eigenvalue weighted by molar-refractivity contribution is 6.14. The van der Waals surface area contributed by atoms with Gasteiger partial charge in [-0.2, -0.15) is 0 Å². The maximum atomic E-state index is 14.2. The van der Waals surface area contributed by atoms with Gasteiger partial charge in [0.2, 0.25) is 5.43 Å². The number of ketones is 1. The maximum absolute atomic E-state index is 14.2. The van der Waals surface area contributed by atoms with Gasteiger partial charge in [0.25, 0.3) is 0 Å². The lowest BCUT2D eigenvalue weighted by Crippen LogP contribution is -2.31. The molecule has 0 fully saturated rings. The van der Waals surface area contributed by atoms with Crippen LogP contribution in [0, 0.1) is 0 Å². The van der Waals surface area contributed by atoms with E-state index in [1.54, 1.807) is 12.1 Å². The van der Waals surface area contributed by atoms with Crippen molar-refractivity contribution in [1.29, 1.82) is 0 Å². The highest BCUT2D eigenvalue weighted by Gasteiger charge is 2.33. The number of rotatable bonds is 4. The van der Waals surface area contributed by atoms with Gasteiger partial charge in [-0.25, -0.2) is 0 Å². The highest BCUT2D eigenvalue weighted by atomic mass is 16.5. The molecule has 4 heteroatoms. The van der Waals surface area contributed by atoms with Gasteiger partial charge < -0.3 is 9.15 Å². The monoisotopic (exact) mass is 620 g/mol. The SMILES string of the molecule is O=C1C2=CC(c3ccc4oc5ccccc5c(=O)c4c3)=CCC2Oc2ccc(-c3cc(-c4ccccc4)cc(-c4ccccc4)c3)cc21. The van der Waals surface area contributed by atoms with Crippen LogP contribution in [0.15, 0.2) is 166 Å². The summed E-state index contributed by atoms with van der Waals surface area (Å²) in [5.74, 6) is 0.558. The minimum atomic E-state index is -0.361. The van der Waals surface area contributed by atoms with E-state index in [2.05, 4.69) is 48.5 Å². The quantitative estimate of drug-likeness (QED) is 0.184. The smallest absolute Gasteiger partial charge is 0.200 e. The minimum absolute atomic E-state index is 0.0394. The van der Waals surface area contributed by atoms with Gasteiger partial charge >= 0.3 is 0 Å². The van der Waals surface area contributed by atoms with Crippen molar-refractivity contribution < 1.29 is 13.9 Å². The van der Waals surface area contributed by atoms with Crippen LogP contribution in [0.3, 0.4) is 0 Å². The lowest BCUT2D eigenvalue weighted by Gasteiger charge is -2.30. The van der Waals surface area contributed by atoms with Gasteiger partial charge in [-0.15, -0.1) is 0 Å². The lowest BCUT2D eigenvalue weighted by atomic mass is 9.85. The van der Waals surface area contributed by atoms with Crippen molar-refractivity contribution in [3.05, 3.63) is 179 Å². The van der Waals surface area contributed by atoms with Crippen molar-refractivity contribution in [2.45, 2.75) is 12.5 Å². The van der Waals surface area contributed by atoms with E-state index in [4.69, 9.17) is 9.15 Å². The Labute approximate surface area is 276 Å². The summed E-state index contributed by atoms with van der Waals surface area (Å²) in [5, 5.41) is 1.06. The third-order valence-electron chi connectivity index (χ3n) is 9.36. The summed E-state index contributed by atoms with van der Waals surface area (Å²) < 4.78 is 12.4. The van der Waals surface area contributed by atoms with Crippen molar-refractivity contribution in [3.8, 4) is 39.1 Å². The largest absolute Gasteiger partial charge is 0.484 e. The number of allylic oxidation sites excluding steroid dienone is 2. The molecular weight excluding hydrogens is 592 g/mol. The van der Waals surface area contributed by atoms with Crippen LogP contribution in [0.25, 0.3) is 60.9 Å². The minimum Gasteiger partial charge on any atom is -0.484 e. The molecule has 48 heavy (non-hydrogen) atoms. The van der Waals surface area contributed by atoms with E-state index in [9.17, 15) is 9.59 Å². The molecule has 4 nitrogen and oxygen atoms in total. The molecule has 0 N–H and O–H groups in total. The summed E-state index contributed by atoms with van der Waals surface area (Å²) in [5.41, 5.74) is 10.4. The molecule has 0 spiro atoms. The molecule has 0 bridgehead atoms. The van der Waals surface area contributed by atoms with Crippen LogP contribution < -0.4 is 10.2 Å². The Morgan fingerprint density at radius 1 is 0.521 bits per heavy atom. The van der Waals surface area contributed by atoms with Crippen LogP contribution in [-0.4, -0.2) is 11.9 Å². The Morgan fingerprint density at radius 2 is 1.15 bits per heavy atom. The fourth-order valence-electron chi connectivity index (χ4n) is 6.88. The molecule has 0 saturated carbocycles. The molecule has 1 unspecified atom stereocenters. The van der Waals surface area contributed by atoms with Crippen LogP contribution in [0.1, 0.15) is 22.3 Å². The Kier molecular flexibility index (Phi) is 6.54. The van der Waals surface area contributed by atoms with Crippen molar-refractivity contribution >= 4 is 33.3 Å². The number of hydrogen-bond donors (Lipinski definition) is 0. The number of para-hydroxylation sites is 1. The van der Waals surface area contributed by atoms with Crippen LogP contribution in [0.5, 0.6) is 5.75 Å². The molecule has 7 aromatic rings. The average Bonchev–Trinajstić information content (AvgIpc) is 3.15. The lowest BCUT2D eigenvalue weighted by molar-refractivity contribution is 0.0961. The second kappa shape index (κ2) is 11.2. The van der Waals surface area contributed by atoms with Gasteiger partial charge in [0, 0.05) is 12.0 Å². The fraction of sp³-hybridized carbons (Fsp3) is 0.0455. The van der Waals surface area contributed by atoms with E-state index in [1.807, 2.05) is 91.0 Å². The van der Waals surface area contributed by atoms with Crippen molar-refractivity contribution in [1.82, 2.24) is 0 Å². The zero-order chi connectivity index (χ0) is 32.2. The van der Waals surface area contributed by atoms with Crippen molar-refractivity contribution in [2.24, 2.45) is 0 Å². The Bertz CT molecular complexity index is 2480. The standard InChI is InChI=1S/C44H28O4/c45-43-35-13-7-8-14-39(35)47-40-18-15-29(24-36(40)43)30-16-19-41-37(25-30)44(46)38-26-31(17-20-42(38)48-41)34-22-32(27-9-3-1-4-10-27)21-33(23-34)28-11-5-2-6-12-28/h1-18,20-26,41H,19H2. The molecule has 0 radical (unpaired) electrons. The number of carbonyl (C=O) groups excluding carboxylic acids is 1. The molecule has 1 aliphatic heterocycles. The fourth-order valence-corrected chi connectivity index (χ4v) is 6.88. The number of hydrogen-bond acceptors (Lipinski definition) is 4. The molecule has 6 aromatic carbocycles. The molecule has 9 rings (SSSR count). The second-order valence-corrected chi connectivity index (χ2v) is 12.3. The average molecular weight is 621 g/mol. The number of ether oxygens (including phenoxy) is 1. The van der Waals surface area contributed by atoms with Gasteiger partial charge in [0.15, 0.2) is 5.78 Å². The molecule has 2 heterocycles. The number of fused-ring (bicyclic) bond motifs is 4. The van der Waals surface area contributed by atoms with E-state index in [0.717, 1.165) is 44.5 Å². The number of carbonyl (C=O) groups is 1. The molecule has 1 aliphatic carbocycles. The summed E-state index contributed by atoms with van der Waals surface area (Å²) in [7, 11) is 0. The van der Waals surface area contributed by atoms with Gasteiger partial charge in [0.05, 0.1) is 16.3 Å². The van der Waals surface area contributed by atoms with E-state index in [1.165, 1.54) is 0 Å². The van der Waals surface area contributed by atoms with E-state index in [0.29, 0.717) is 45.2 Å². The van der Waals surface area contributed by atoms with Gasteiger partial charge in [-0.05, 0) is 105 Å². The summed E-state index contributed by atoms with van der Waals surface area (Å²) >= 11 is 0. The second-order valence-electron chi connectivity index (χ2n) is 12.3. The first-order chi connectivity index (χ1) is 23.6. The Balaban J connectivity index is 1.10. The third-order valence-corrected chi connectivity index (χ3v) is 9.36. The molecule has 1 atom stereocenters. The summed E-state index contributed by atoms with van der Waals surface area (Å²) in [6, 6.07) is 46.1. The molecule has 2 aliphatic rings. The van der Waals surface area contributed by atoms with Crippen molar-refractivity contribution in [2.75, 3.05) is 0 Å². The van der Waals surface area contributed by atoms with Gasteiger partial charge in [-0.1, -0.05) is 91.0 Å². The zero-order valence-electron chi connectivity index (χ0n) is 25.9. The maximum Gasteiger partial charge on any atom is 0.200 e. The first kappa shape index (κ1) is 28.0. The summed E-state index contributed by atoms with van der Waals surface area (Å²) in [6.45, 7) is 0. The van der Waals surface area contributed by atoms with E-state index in [-0.39, 0.29) is 17.3 Å². The molecule has 1 aromatic heterocycles. The van der Waals surface area contributed by atoms with Crippen molar-refractivity contribution in [3.63, 3.8) is 0 Å². The molecular formula is C44H28O4. The first-order valence-corrected chi connectivity index (χ1v) is 16.1. The molecule has 0 amide bonds. The first-order valence-electron chi connectivity index (χ1n) is 16.1. The van der Waals surface area contributed by atoms with Gasteiger partial charge in [0.1, 0.15) is 23.0 Å². The predicted octanol–water partition coefficient (Wildman–Crippen LogP) is 10.3. The van der Waals surface area contributed by atoms with E-state index >= 15 is 0 Å². The number of Topliss-reactive ketones (excluding diaryl/α,β-unsaturated/α-hetero) is 1. The molecule has 0 saturated heterocycles. The normalized spacial score (nSPS) is 15.3. The zero-order valence-corrected chi connectivity index (χ0v) is 25.9. The molecule has 228 valence electrons. The van der Waals surface area contributed by atoms with Crippen LogP contribution in [0.2, 0.25) is 0 Å².